The number of anilines is 1. The van der Waals surface area contributed by atoms with Crippen LogP contribution in [0.5, 0.6) is 0 Å². The van der Waals surface area contributed by atoms with Crippen molar-refractivity contribution in [1.82, 2.24) is 25.0 Å². The van der Waals surface area contributed by atoms with Crippen molar-refractivity contribution >= 4 is 21.4 Å². The number of aromatic amines is 1. The Labute approximate surface area is 174 Å². The molecule has 1 amide bonds. The number of nitrogens with one attached hydrogen (secondary N) is 2. The lowest BCUT2D eigenvalue weighted by molar-refractivity contribution is 0.102. The van der Waals surface area contributed by atoms with Crippen molar-refractivity contribution in [2.45, 2.75) is 32.7 Å². The highest BCUT2D eigenvalue weighted by Gasteiger charge is 2.34. The molecular weight excluding hydrogens is 404 g/mol. The van der Waals surface area contributed by atoms with Gasteiger partial charge in [0.05, 0.1) is 23.7 Å². The molecule has 2 N–H and O–H groups in total. The lowest BCUT2D eigenvalue weighted by atomic mass is 9.90. The van der Waals surface area contributed by atoms with Crippen LogP contribution in [0.1, 0.15) is 47.2 Å². The van der Waals surface area contributed by atoms with Crippen molar-refractivity contribution in [2.24, 2.45) is 5.41 Å². The van der Waals surface area contributed by atoms with Crippen LogP contribution in [0.25, 0.3) is 0 Å². The highest BCUT2D eigenvalue weighted by Crippen LogP contribution is 2.36. The molecule has 30 heavy (non-hydrogen) atoms. The average molecular weight is 429 g/mol. The molecule has 0 saturated carbocycles. The van der Waals surface area contributed by atoms with Crippen molar-refractivity contribution in [1.29, 1.82) is 0 Å². The lowest BCUT2D eigenvalue weighted by Crippen LogP contribution is -2.21. The number of hydrogen-bond donors (Lipinski definition) is 2. The minimum atomic E-state index is -3.28. The van der Waals surface area contributed by atoms with Crippen LogP contribution in [0.15, 0.2) is 36.9 Å². The number of carbonyl (C=O) groups excluding carboxylic acids is 1. The van der Waals surface area contributed by atoms with E-state index in [4.69, 9.17) is 0 Å². The third-order valence-electron chi connectivity index (χ3n) is 5.19. The molecule has 0 saturated heterocycles. The SMILES string of the molecule is CC1(C)Cc2[nH]nc(C(=O)Nc3cnn(C(CS(C)(=O)=O)c4cccnc4)c3)c2C1. The first-order chi connectivity index (χ1) is 14.1. The molecule has 10 heteroatoms. The summed E-state index contributed by atoms with van der Waals surface area (Å²) in [6.45, 7) is 4.32. The maximum absolute atomic E-state index is 12.8. The Bertz CT molecular complexity index is 1180. The number of amides is 1. The number of rotatable bonds is 6. The Morgan fingerprint density at radius 3 is 2.83 bits per heavy atom. The predicted molar refractivity (Wildman–Crippen MR) is 112 cm³/mol. The normalized spacial score (nSPS) is 16.2. The molecule has 1 unspecified atom stereocenters. The van der Waals surface area contributed by atoms with Gasteiger partial charge in [0.25, 0.3) is 5.91 Å². The Morgan fingerprint density at radius 1 is 1.33 bits per heavy atom. The number of hydrogen-bond acceptors (Lipinski definition) is 6. The Morgan fingerprint density at radius 2 is 2.13 bits per heavy atom. The smallest absolute Gasteiger partial charge is 0.276 e. The van der Waals surface area contributed by atoms with Crippen LogP contribution < -0.4 is 5.32 Å². The van der Waals surface area contributed by atoms with E-state index in [1.807, 2.05) is 0 Å². The van der Waals surface area contributed by atoms with Gasteiger partial charge in [-0.25, -0.2) is 8.42 Å². The first-order valence-electron chi connectivity index (χ1n) is 9.61. The molecule has 158 valence electrons. The molecule has 0 bridgehead atoms. The van der Waals surface area contributed by atoms with Crippen LogP contribution in [0.2, 0.25) is 0 Å². The van der Waals surface area contributed by atoms with E-state index in [2.05, 4.69) is 39.4 Å². The van der Waals surface area contributed by atoms with Gasteiger partial charge in [-0.05, 0) is 29.9 Å². The van der Waals surface area contributed by atoms with Gasteiger partial charge in [0.15, 0.2) is 5.69 Å². The molecular formula is C20H24N6O3S. The van der Waals surface area contributed by atoms with E-state index >= 15 is 0 Å². The summed E-state index contributed by atoms with van der Waals surface area (Å²) in [6.07, 6.45) is 9.20. The zero-order valence-corrected chi connectivity index (χ0v) is 17.9. The monoisotopic (exact) mass is 428 g/mol. The maximum Gasteiger partial charge on any atom is 0.276 e. The second kappa shape index (κ2) is 7.35. The molecule has 0 aliphatic heterocycles. The van der Waals surface area contributed by atoms with E-state index in [0.29, 0.717) is 11.4 Å². The molecule has 9 nitrogen and oxygen atoms in total. The fourth-order valence-electron chi connectivity index (χ4n) is 3.89. The summed E-state index contributed by atoms with van der Waals surface area (Å²) in [5.41, 5.74) is 3.64. The summed E-state index contributed by atoms with van der Waals surface area (Å²) in [7, 11) is -3.28. The zero-order valence-electron chi connectivity index (χ0n) is 17.1. The molecule has 3 heterocycles. The van der Waals surface area contributed by atoms with Gasteiger partial charge in [-0.3, -0.25) is 19.6 Å². The van der Waals surface area contributed by atoms with E-state index in [1.165, 1.54) is 17.1 Å². The van der Waals surface area contributed by atoms with Gasteiger partial charge in [-0.1, -0.05) is 19.9 Å². The van der Waals surface area contributed by atoms with Gasteiger partial charge in [0.1, 0.15) is 9.84 Å². The summed E-state index contributed by atoms with van der Waals surface area (Å²) >= 11 is 0. The van der Waals surface area contributed by atoms with Gasteiger partial charge in [-0.2, -0.15) is 10.2 Å². The van der Waals surface area contributed by atoms with Gasteiger partial charge in [0.2, 0.25) is 0 Å². The van der Waals surface area contributed by atoms with Gasteiger partial charge < -0.3 is 5.32 Å². The topological polar surface area (TPSA) is 123 Å². The minimum Gasteiger partial charge on any atom is -0.318 e. The van der Waals surface area contributed by atoms with Crippen LogP contribution in [-0.2, 0) is 22.7 Å². The molecule has 1 aliphatic rings. The van der Waals surface area contributed by atoms with Gasteiger partial charge >= 0.3 is 0 Å². The van der Waals surface area contributed by atoms with Crippen LogP contribution >= 0.6 is 0 Å². The molecule has 3 aromatic heterocycles. The van der Waals surface area contributed by atoms with Crippen molar-refractivity contribution in [2.75, 3.05) is 17.3 Å². The van der Waals surface area contributed by atoms with Crippen molar-refractivity contribution in [3.8, 4) is 0 Å². The van der Waals surface area contributed by atoms with Gasteiger partial charge in [0, 0.05) is 36.1 Å². The molecule has 0 aromatic carbocycles. The fourth-order valence-corrected chi connectivity index (χ4v) is 4.81. The van der Waals surface area contributed by atoms with E-state index in [1.54, 1.807) is 30.7 Å². The molecule has 0 spiro atoms. The first-order valence-corrected chi connectivity index (χ1v) is 11.7. The van der Waals surface area contributed by atoms with Gasteiger partial charge in [-0.15, -0.1) is 0 Å². The van der Waals surface area contributed by atoms with E-state index in [-0.39, 0.29) is 17.1 Å². The Kier molecular flexibility index (Phi) is 4.97. The number of nitrogens with zero attached hydrogens (tertiary/aromatic N) is 4. The summed E-state index contributed by atoms with van der Waals surface area (Å²) < 4.78 is 25.4. The number of aromatic nitrogens is 5. The average Bonchev–Trinajstić information content (AvgIpc) is 3.33. The standard InChI is InChI=1S/C20H24N6O3S/c1-20(2)7-15-16(8-20)24-25-18(15)19(27)23-14-10-22-26(11-14)17(12-30(3,28)29)13-5-4-6-21-9-13/h4-6,9-11,17H,7-8,12H2,1-3H3,(H,23,27)(H,24,25). The third kappa shape index (κ3) is 4.28. The number of carbonyl (C=O) groups is 1. The van der Waals surface area contributed by atoms with Crippen LogP contribution in [0.3, 0.4) is 0 Å². The fraction of sp³-hybridized carbons (Fsp3) is 0.400. The van der Waals surface area contributed by atoms with Crippen LogP contribution in [0.4, 0.5) is 5.69 Å². The second-order valence-electron chi connectivity index (χ2n) is 8.60. The summed E-state index contributed by atoms with van der Waals surface area (Å²) in [5.74, 6) is -0.443. The predicted octanol–water partition coefficient (Wildman–Crippen LogP) is 2.01. The van der Waals surface area contributed by atoms with E-state index < -0.39 is 15.9 Å². The second-order valence-corrected chi connectivity index (χ2v) is 10.8. The van der Waals surface area contributed by atoms with E-state index in [9.17, 15) is 13.2 Å². The van der Waals surface area contributed by atoms with Crippen molar-refractivity contribution < 1.29 is 13.2 Å². The third-order valence-corrected chi connectivity index (χ3v) is 6.11. The minimum absolute atomic E-state index is 0.104. The quantitative estimate of drug-likeness (QED) is 0.619. The van der Waals surface area contributed by atoms with E-state index in [0.717, 1.165) is 29.7 Å². The largest absolute Gasteiger partial charge is 0.318 e. The number of sulfone groups is 1. The molecule has 0 radical (unpaired) electrons. The number of fused-ring (bicyclic) bond motifs is 1. The van der Waals surface area contributed by atoms with Crippen molar-refractivity contribution in [3.63, 3.8) is 0 Å². The molecule has 4 rings (SSSR count). The maximum atomic E-state index is 12.8. The number of H-pyrrole nitrogens is 1. The Balaban J connectivity index is 1.56. The zero-order chi connectivity index (χ0) is 21.5. The Hall–Kier alpha value is -3.01. The number of pyridine rings is 1. The first kappa shape index (κ1) is 20.3. The van der Waals surface area contributed by atoms with Crippen LogP contribution in [0, 0.1) is 5.41 Å². The molecule has 1 atom stereocenters. The van der Waals surface area contributed by atoms with Crippen LogP contribution in [-0.4, -0.2) is 51.3 Å². The highest BCUT2D eigenvalue weighted by atomic mass is 32.2. The molecule has 3 aromatic rings. The lowest BCUT2D eigenvalue weighted by Gasteiger charge is -2.16. The highest BCUT2D eigenvalue weighted by molar-refractivity contribution is 7.90. The summed E-state index contributed by atoms with van der Waals surface area (Å²) in [4.78, 5) is 16.9. The molecule has 0 fully saturated rings. The van der Waals surface area contributed by atoms with Crippen molar-refractivity contribution in [3.05, 3.63) is 59.4 Å². The summed E-state index contributed by atoms with van der Waals surface area (Å²) in [6, 6.07) is 3.00. The summed E-state index contributed by atoms with van der Waals surface area (Å²) in [5, 5.41) is 14.3. The molecule has 1 aliphatic carbocycles.